The van der Waals surface area contributed by atoms with Gasteiger partial charge in [0.1, 0.15) is 5.01 Å². The van der Waals surface area contributed by atoms with Crippen molar-refractivity contribution in [3.63, 3.8) is 0 Å². The molecule has 2 aromatic rings. The van der Waals surface area contributed by atoms with Crippen molar-refractivity contribution in [1.29, 1.82) is 0 Å². The summed E-state index contributed by atoms with van der Waals surface area (Å²) < 4.78 is 1.10. The molecule has 0 fully saturated rings. The van der Waals surface area contributed by atoms with Gasteiger partial charge in [0.25, 0.3) is 0 Å². The first-order chi connectivity index (χ1) is 8.61. The van der Waals surface area contributed by atoms with E-state index in [-0.39, 0.29) is 0 Å². The highest BCUT2D eigenvalue weighted by molar-refractivity contribution is 9.11. The average Bonchev–Trinajstić information content (AvgIpc) is 2.72. The van der Waals surface area contributed by atoms with Crippen LogP contribution in [0.15, 0.2) is 28.1 Å². The Balaban J connectivity index is 2.28. The number of anilines is 1. The summed E-state index contributed by atoms with van der Waals surface area (Å²) >= 11 is 5.23. The smallest absolute Gasteiger partial charge is 0.124 e. The molecule has 2 rings (SSSR count). The summed E-state index contributed by atoms with van der Waals surface area (Å²) in [6.45, 7) is 0.785. The minimum absolute atomic E-state index is 0.785. The summed E-state index contributed by atoms with van der Waals surface area (Å²) in [5.74, 6) is 0. The first-order valence-electron chi connectivity index (χ1n) is 5.69. The molecular weight excluding hydrogens is 310 g/mol. The second-order valence-electron chi connectivity index (χ2n) is 4.21. The number of thiazole rings is 1. The fraction of sp³-hybridized carbons (Fsp3) is 0.308. The maximum Gasteiger partial charge on any atom is 0.124 e. The highest BCUT2D eigenvalue weighted by atomic mass is 79.9. The van der Waals surface area contributed by atoms with Crippen LogP contribution in [-0.2, 0) is 6.54 Å². The van der Waals surface area contributed by atoms with Crippen molar-refractivity contribution in [2.45, 2.75) is 6.54 Å². The summed E-state index contributed by atoms with van der Waals surface area (Å²) in [7, 11) is 6.01. The van der Waals surface area contributed by atoms with Crippen LogP contribution in [0.5, 0.6) is 0 Å². The quantitative estimate of drug-likeness (QED) is 0.934. The normalized spacial score (nSPS) is 10.7. The van der Waals surface area contributed by atoms with E-state index in [1.54, 1.807) is 11.3 Å². The summed E-state index contributed by atoms with van der Waals surface area (Å²) in [5.41, 5.74) is 3.42. The van der Waals surface area contributed by atoms with Gasteiger partial charge in [-0.25, -0.2) is 4.98 Å². The molecule has 18 heavy (non-hydrogen) atoms. The molecule has 1 N–H and O–H groups in total. The van der Waals surface area contributed by atoms with E-state index in [1.165, 1.54) is 5.69 Å². The van der Waals surface area contributed by atoms with Crippen LogP contribution in [0, 0.1) is 0 Å². The van der Waals surface area contributed by atoms with Crippen LogP contribution in [-0.4, -0.2) is 26.1 Å². The molecule has 96 valence electrons. The number of nitrogens with one attached hydrogen (secondary N) is 1. The zero-order valence-corrected chi connectivity index (χ0v) is 13.1. The summed E-state index contributed by atoms with van der Waals surface area (Å²) in [6.07, 6.45) is 0. The van der Waals surface area contributed by atoms with Crippen LogP contribution < -0.4 is 10.2 Å². The van der Waals surface area contributed by atoms with Gasteiger partial charge < -0.3 is 10.2 Å². The molecule has 0 saturated heterocycles. The van der Waals surface area contributed by atoms with Crippen molar-refractivity contribution in [2.75, 3.05) is 26.0 Å². The second kappa shape index (κ2) is 5.82. The van der Waals surface area contributed by atoms with Crippen LogP contribution in [0.2, 0.25) is 0 Å². The van der Waals surface area contributed by atoms with Gasteiger partial charge >= 0.3 is 0 Å². The van der Waals surface area contributed by atoms with Crippen LogP contribution in [0.1, 0.15) is 5.69 Å². The molecule has 1 heterocycles. The fourth-order valence-corrected chi connectivity index (χ4v) is 3.14. The largest absolute Gasteiger partial charge is 0.378 e. The predicted octanol–water partition coefficient (Wildman–Crippen LogP) is 3.36. The summed E-state index contributed by atoms with van der Waals surface area (Å²) in [5, 5.41) is 4.17. The lowest BCUT2D eigenvalue weighted by molar-refractivity contribution is 0.795. The molecular formula is C13H16BrN3S. The summed E-state index contributed by atoms with van der Waals surface area (Å²) in [4.78, 5) is 6.73. The Morgan fingerprint density at radius 3 is 2.50 bits per heavy atom. The van der Waals surface area contributed by atoms with Crippen LogP contribution in [0.4, 0.5) is 5.69 Å². The molecule has 0 aliphatic rings. The molecule has 5 heteroatoms. The Bertz CT molecular complexity index is 520. The third-order valence-electron chi connectivity index (χ3n) is 2.62. The number of nitrogens with zero attached hydrogens (tertiary/aromatic N) is 2. The number of aromatic nitrogens is 1. The third kappa shape index (κ3) is 2.91. The number of halogens is 1. The number of hydrogen-bond acceptors (Lipinski definition) is 4. The van der Waals surface area contributed by atoms with Gasteiger partial charge in [0.05, 0.1) is 9.48 Å². The molecule has 0 spiro atoms. The van der Waals surface area contributed by atoms with Gasteiger partial charge in [-0.3, -0.25) is 0 Å². The average molecular weight is 326 g/mol. The zero-order chi connectivity index (χ0) is 13.1. The van der Waals surface area contributed by atoms with E-state index in [0.717, 1.165) is 26.6 Å². The van der Waals surface area contributed by atoms with Gasteiger partial charge in [0, 0.05) is 31.9 Å². The second-order valence-corrected chi connectivity index (χ2v) is 6.53. The maximum absolute atomic E-state index is 4.64. The van der Waals surface area contributed by atoms with Crippen LogP contribution in [0.3, 0.4) is 0 Å². The number of hydrogen-bond donors (Lipinski definition) is 1. The van der Waals surface area contributed by atoms with E-state index < -0.39 is 0 Å². The Kier molecular flexibility index (Phi) is 4.37. The lowest BCUT2D eigenvalue weighted by atomic mass is 10.2. The van der Waals surface area contributed by atoms with Crippen molar-refractivity contribution in [3.8, 4) is 10.6 Å². The van der Waals surface area contributed by atoms with Gasteiger partial charge in [-0.2, -0.15) is 0 Å². The van der Waals surface area contributed by atoms with E-state index in [9.17, 15) is 0 Å². The maximum atomic E-state index is 4.64. The number of benzene rings is 1. The molecule has 0 amide bonds. The highest BCUT2D eigenvalue weighted by Gasteiger charge is 2.09. The van der Waals surface area contributed by atoms with Crippen LogP contribution in [0.25, 0.3) is 10.6 Å². The van der Waals surface area contributed by atoms with Gasteiger partial charge in [-0.05, 0) is 47.2 Å². The van der Waals surface area contributed by atoms with Crippen molar-refractivity contribution >= 4 is 33.0 Å². The molecule has 0 bridgehead atoms. The Hall–Kier alpha value is -0.910. The Labute approximate surface area is 120 Å². The molecule has 0 unspecified atom stereocenters. The van der Waals surface area contributed by atoms with E-state index in [2.05, 4.69) is 55.4 Å². The van der Waals surface area contributed by atoms with E-state index >= 15 is 0 Å². The van der Waals surface area contributed by atoms with Crippen LogP contribution >= 0.6 is 27.3 Å². The highest BCUT2D eigenvalue weighted by Crippen LogP contribution is 2.32. The Morgan fingerprint density at radius 1 is 1.28 bits per heavy atom. The van der Waals surface area contributed by atoms with Gasteiger partial charge in [0.2, 0.25) is 0 Å². The molecule has 3 nitrogen and oxygen atoms in total. The van der Waals surface area contributed by atoms with Gasteiger partial charge in [-0.15, -0.1) is 11.3 Å². The minimum atomic E-state index is 0.785. The fourth-order valence-electron chi connectivity index (χ4n) is 1.64. The van der Waals surface area contributed by atoms with E-state index in [1.807, 2.05) is 21.1 Å². The SMILES string of the molecule is CNCc1nc(-c2ccc(N(C)C)cc2)sc1Br. The monoisotopic (exact) mass is 325 g/mol. The molecule has 0 radical (unpaired) electrons. The summed E-state index contributed by atoms with van der Waals surface area (Å²) in [6, 6.07) is 8.46. The predicted molar refractivity (Wildman–Crippen MR) is 82.3 cm³/mol. The first-order valence-corrected chi connectivity index (χ1v) is 7.30. The molecule has 0 atom stereocenters. The first kappa shape index (κ1) is 13.5. The molecule has 0 aliphatic carbocycles. The van der Waals surface area contributed by atoms with Crippen molar-refractivity contribution in [1.82, 2.24) is 10.3 Å². The lowest BCUT2D eigenvalue weighted by Gasteiger charge is -2.11. The minimum Gasteiger partial charge on any atom is -0.378 e. The molecule has 0 saturated carbocycles. The topological polar surface area (TPSA) is 28.2 Å². The van der Waals surface area contributed by atoms with E-state index in [0.29, 0.717) is 0 Å². The van der Waals surface area contributed by atoms with Crippen molar-refractivity contribution in [2.24, 2.45) is 0 Å². The zero-order valence-electron chi connectivity index (χ0n) is 10.7. The molecule has 1 aromatic heterocycles. The molecule has 1 aromatic carbocycles. The molecule has 0 aliphatic heterocycles. The van der Waals surface area contributed by atoms with E-state index in [4.69, 9.17) is 0 Å². The van der Waals surface area contributed by atoms with Gasteiger partial charge in [0.15, 0.2) is 0 Å². The van der Waals surface area contributed by atoms with Crippen molar-refractivity contribution in [3.05, 3.63) is 33.7 Å². The standard InChI is InChI=1S/C13H16BrN3S/c1-15-8-11-12(14)18-13(16-11)9-4-6-10(7-5-9)17(2)3/h4-7,15H,8H2,1-3H3. The van der Waals surface area contributed by atoms with Crippen molar-refractivity contribution < 1.29 is 0 Å². The third-order valence-corrected chi connectivity index (χ3v) is 4.50. The Morgan fingerprint density at radius 2 is 1.94 bits per heavy atom. The number of rotatable bonds is 4. The lowest BCUT2D eigenvalue weighted by Crippen LogP contribution is -2.07. The van der Waals surface area contributed by atoms with Gasteiger partial charge in [-0.1, -0.05) is 0 Å².